The van der Waals surface area contributed by atoms with E-state index in [4.69, 9.17) is 12.2 Å². The van der Waals surface area contributed by atoms with E-state index in [0.717, 1.165) is 34.2 Å². The summed E-state index contributed by atoms with van der Waals surface area (Å²) in [6.45, 7) is 1.53. The fourth-order valence-electron chi connectivity index (χ4n) is 4.29. The summed E-state index contributed by atoms with van der Waals surface area (Å²) in [7, 11) is 1.51. The van der Waals surface area contributed by atoms with Crippen molar-refractivity contribution in [1.29, 1.82) is 0 Å². The molecule has 0 saturated carbocycles. The van der Waals surface area contributed by atoms with Gasteiger partial charge in [0.1, 0.15) is 36.3 Å². The Bertz CT molecular complexity index is 993. The predicted octanol–water partition coefficient (Wildman–Crippen LogP) is 1.46. The number of fused-ring (bicyclic) bond motifs is 1. The van der Waals surface area contributed by atoms with E-state index in [1.807, 2.05) is 37.3 Å². The Labute approximate surface area is 179 Å². The highest BCUT2D eigenvalue weighted by Crippen LogP contribution is 2.39. The molecule has 0 radical (unpaired) electrons. The molecule has 162 valence electrons. The lowest BCUT2D eigenvalue weighted by molar-refractivity contribution is -0.232. The Hall–Kier alpha value is -1.96. The summed E-state index contributed by atoms with van der Waals surface area (Å²) in [5.74, 6) is 0.489. The summed E-state index contributed by atoms with van der Waals surface area (Å²) < 4.78 is 27.4. The van der Waals surface area contributed by atoms with Gasteiger partial charge in [-0.25, -0.2) is 0 Å². The second-order valence-corrected chi connectivity index (χ2v) is 7.99. The lowest BCUT2D eigenvalue weighted by Crippen LogP contribution is -2.55. The van der Waals surface area contributed by atoms with Crippen LogP contribution in [0, 0.1) is 0 Å². The summed E-state index contributed by atoms with van der Waals surface area (Å²) in [5, 5.41) is 40.5. The molecule has 4 rings (SSSR count). The van der Waals surface area contributed by atoms with Crippen molar-refractivity contribution in [3.05, 3.63) is 63.7 Å². The Kier molecular flexibility index (Phi) is 5.42. The maximum absolute atomic E-state index is 10.6. The monoisotopic (exact) mass is 416 g/mol. The molecule has 0 bridgehead atoms. The lowest BCUT2D eigenvalue weighted by Gasteiger charge is -2.40. The first-order chi connectivity index (χ1) is 15.2. The van der Waals surface area contributed by atoms with Crippen LogP contribution in [0.15, 0.2) is 30.3 Å². The molecule has 0 amide bonds. The number of aliphatic hydroxyl groups is 4. The Morgan fingerprint density at radius 3 is 2.53 bits per heavy atom. The van der Waals surface area contributed by atoms with Gasteiger partial charge in [0.25, 0.3) is 0 Å². The first-order valence-electron chi connectivity index (χ1n) is 11.3. The minimum Gasteiger partial charge on any atom is -0.496 e. The highest BCUT2D eigenvalue weighted by Gasteiger charge is 2.45. The standard InChI is InChI=1S/C24H30O6/c1-3-14-11-19(29-2)18(24-23(28)22(27)21(26)20(12-25)30-24)10-17(14)9-13-4-5-15-6-7-16(15)8-13/h4-5,8,10-11,20-28H,3,6-7,9,12H2,1-2H3/t20-,21-,22+,23-,24+/m1/s1/i7D2. The molecule has 0 aromatic heterocycles. The molecule has 1 saturated heterocycles. The molecule has 0 unspecified atom stereocenters. The fraction of sp³-hybridized carbons (Fsp3) is 0.500. The largest absolute Gasteiger partial charge is 0.496 e. The number of aliphatic hydroxyl groups excluding tert-OH is 4. The maximum Gasteiger partial charge on any atom is 0.125 e. The van der Waals surface area contributed by atoms with Crippen LogP contribution in [-0.4, -0.2) is 58.6 Å². The summed E-state index contributed by atoms with van der Waals surface area (Å²) in [6, 6.07) is 9.64. The van der Waals surface area contributed by atoms with Gasteiger partial charge in [0.2, 0.25) is 0 Å². The number of methoxy groups -OCH3 is 1. The SMILES string of the molecule is [2H]C1([2H])Cc2ccc(Cc3cc([C@@H]4O[C@H](CO)[C@@H](O)[C@H](O)[C@H]4O)c(OC)cc3CC)cc21. The van der Waals surface area contributed by atoms with Gasteiger partial charge in [0.05, 0.1) is 13.7 Å². The molecule has 1 aliphatic carbocycles. The molecule has 1 fully saturated rings. The van der Waals surface area contributed by atoms with E-state index in [1.54, 1.807) is 0 Å². The van der Waals surface area contributed by atoms with Crippen molar-refractivity contribution in [3.63, 3.8) is 0 Å². The van der Waals surface area contributed by atoms with Crippen molar-refractivity contribution in [2.24, 2.45) is 0 Å². The van der Waals surface area contributed by atoms with Gasteiger partial charge in [0, 0.05) is 8.30 Å². The molecule has 5 atom stereocenters. The average molecular weight is 417 g/mol. The molecule has 2 aromatic rings. The predicted molar refractivity (Wildman–Crippen MR) is 112 cm³/mol. The van der Waals surface area contributed by atoms with E-state index in [2.05, 4.69) is 0 Å². The highest BCUT2D eigenvalue weighted by atomic mass is 16.5. The van der Waals surface area contributed by atoms with Gasteiger partial charge in [-0.2, -0.15) is 0 Å². The lowest BCUT2D eigenvalue weighted by atomic mass is 9.85. The van der Waals surface area contributed by atoms with E-state index in [-0.39, 0.29) is 0 Å². The molecular formula is C24H30O6. The average Bonchev–Trinajstić information content (AvgIpc) is 2.78. The molecule has 4 N–H and O–H groups in total. The van der Waals surface area contributed by atoms with Crippen molar-refractivity contribution in [2.75, 3.05) is 13.7 Å². The number of hydrogen-bond donors (Lipinski definition) is 4. The van der Waals surface area contributed by atoms with Crippen molar-refractivity contribution in [2.45, 2.75) is 63.1 Å². The van der Waals surface area contributed by atoms with Gasteiger partial charge < -0.3 is 29.9 Å². The molecule has 1 heterocycles. The molecule has 2 aliphatic rings. The third kappa shape index (κ3) is 3.74. The second kappa shape index (κ2) is 8.65. The van der Waals surface area contributed by atoms with Gasteiger partial charge >= 0.3 is 0 Å². The zero-order valence-corrected chi connectivity index (χ0v) is 17.2. The summed E-state index contributed by atoms with van der Waals surface area (Å²) >= 11 is 0. The van der Waals surface area contributed by atoms with Gasteiger partial charge in [-0.1, -0.05) is 25.1 Å². The van der Waals surface area contributed by atoms with Crippen LogP contribution in [0.3, 0.4) is 0 Å². The van der Waals surface area contributed by atoms with Crippen LogP contribution >= 0.6 is 0 Å². The molecule has 6 nitrogen and oxygen atoms in total. The summed E-state index contributed by atoms with van der Waals surface area (Å²) in [5.41, 5.74) is 5.28. The molecule has 1 aliphatic heterocycles. The van der Waals surface area contributed by atoms with E-state index in [0.29, 0.717) is 24.2 Å². The number of ether oxygens (including phenoxy) is 2. The first kappa shape index (κ1) is 18.8. The quantitative estimate of drug-likeness (QED) is 0.569. The van der Waals surface area contributed by atoms with Crippen molar-refractivity contribution in [3.8, 4) is 5.75 Å². The van der Waals surface area contributed by atoms with E-state index < -0.39 is 43.5 Å². The van der Waals surface area contributed by atoms with Crippen LogP contribution in [-0.2, 0) is 30.4 Å². The van der Waals surface area contributed by atoms with Crippen LogP contribution in [0.5, 0.6) is 5.75 Å². The van der Waals surface area contributed by atoms with Crippen LogP contribution in [0.2, 0.25) is 0 Å². The normalized spacial score (nSPS) is 30.7. The fourth-order valence-corrected chi connectivity index (χ4v) is 4.29. The zero-order valence-electron chi connectivity index (χ0n) is 19.2. The maximum atomic E-state index is 10.6. The van der Waals surface area contributed by atoms with Crippen LogP contribution < -0.4 is 4.74 Å². The number of benzene rings is 2. The number of aryl methyl sites for hydroxylation is 3. The first-order valence-corrected chi connectivity index (χ1v) is 10.3. The number of rotatable bonds is 6. The molecular weight excluding hydrogens is 384 g/mol. The van der Waals surface area contributed by atoms with Crippen LogP contribution in [0.4, 0.5) is 0 Å². The molecule has 30 heavy (non-hydrogen) atoms. The third-order valence-electron chi connectivity index (χ3n) is 6.17. The third-order valence-corrected chi connectivity index (χ3v) is 6.17. The van der Waals surface area contributed by atoms with Gasteiger partial charge in [0.15, 0.2) is 0 Å². The van der Waals surface area contributed by atoms with Gasteiger partial charge in [-0.15, -0.1) is 0 Å². The summed E-state index contributed by atoms with van der Waals surface area (Å²) in [6.07, 6.45) is -5.85. The Morgan fingerprint density at radius 2 is 1.87 bits per heavy atom. The highest BCUT2D eigenvalue weighted by molar-refractivity contribution is 5.48. The molecule has 2 aromatic carbocycles. The Morgan fingerprint density at radius 1 is 1.07 bits per heavy atom. The van der Waals surface area contributed by atoms with Gasteiger partial charge in [-0.3, -0.25) is 0 Å². The van der Waals surface area contributed by atoms with E-state index in [9.17, 15) is 20.4 Å². The smallest absolute Gasteiger partial charge is 0.125 e. The number of hydrogen-bond acceptors (Lipinski definition) is 6. The Balaban J connectivity index is 1.72. The molecule has 0 spiro atoms. The second-order valence-electron chi connectivity index (χ2n) is 7.99. The van der Waals surface area contributed by atoms with Crippen LogP contribution in [0.1, 0.15) is 49.1 Å². The van der Waals surface area contributed by atoms with E-state index >= 15 is 0 Å². The minimum absolute atomic E-state index is 0.437. The molecule has 6 heteroatoms. The minimum atomic E-state index is -1.47. The topological polar surface area (TPSA) is 99.4 Å². The van der Waals surface area contributed by atoms with Crippen molar-refractivity contribution in [1.82, 2.24) is 0 Å². The van der Waals surface area contributed by atoms with E-state index in [1.165, 1.54) is 7.11 Å². The summed E-state index contributed by atoms with van der Waals surface area (Å²) in [4.78, 5) is 0. The zero-order chi connectivity index (χ0) is 23.2. The van der Waals surface area contributed by atoms with Gasteiger partial charge in [-0.05, 0) is 65.6 Å². The van der Waals surface area contributed by atoms with Crippen molar-refractivity contribution < 1.29 is 32.6 Å². The van der Waals surface area contributed by atoms with Crippen molar-refractivity contribution >= 4 is 0 Å². The van der Waals surface area contributed by atoms with Crippen LogP contribution in [0.25, 0.3) is 0 Å².